The second kappa shape index (κ2) is 6.95. The molecule has 0 amide bonds. The van der Waals surface area contributed by atoms with Crippen LogP contribution in [0.3, 0.4) is 0 Å². The molecule has 118 valence electrons. The van der Waals surface area contributed by atoms with Crippen molar-refractivity contribution >= 4 is 23.1 Å². The second-order valence-corrected chi connectivity index (χ2v) is 6.22. The van der Waals surface area contributed by atoms with Gasteiger partial charge in [-0.2, -0.15) is 4.37 Å². The van der Waals surface area contributed by atoms with Gasteiger partial charge >= 0.3 is 0 Å². The van der Waals surface area contributed by atoms with Crippen molar-refractivity contribution in [2.75, 3.05) is 6.61 Å². The van der Waals surface area contributed by atoms with E-state index in [0.29, 0.717) is 13.0 Å². The van der Waals surface area contributed by atoms with Crippen molar-refractivity contribution in [1.82, 2.24) is 9.36 Å². The third kappa shape index (κ3) is 3.60. The van der Waals surface area contributed by atoms with Gasteiger partial charge in [-0.25, -0.2) is 13.8 Å². The number of hydrogen-bond acceptors (Lipinski definition) is 5. The lowest BCUT2D eigenvalue weighted by molar-refractivity contribution is -0.183. The fourth-order valence-corrected chi connectivity index (χ4v) is 2.91. The highest BCUT2D eigenvalue weighted by molar-refractivity contribution is 7.10. The van der Waals surface area contributed by atoms with Crippen molar-refractivity contribution in [3.63, 3.8) is 0 Å². The van der Waals surface area contributed by atoms with Crippen molar-refractivity contribution in [1.29, 1.82) is 0 Å². The van der Waals surface area contributed by atoms with Gasteiger partial charge in [-0.15, -0.1) is 0 Å². The Kier molecular flexibility index (Phi) is 4.97. The molecule has 0 radical (unpaired) electrons. The second-order valence-electron chi connectivity index (χ2n) is 4.88. The third-order valence-electron chi connectivity index (χ3n) is 3.32. The minimum atomic E-state index is -0.882. The number of nitrogens with zero attached hydrogens (tertiary/aromatic N) is 2. The largest absolute Gasteiger partial charge is 0.353 e. The first-order chi connectivity index (χ1) is 10.6. The molecule has 1 saturated heterocycles. The highest BCUT2D eigenvalue weighted by Crippen LogP contribution is 2.31. The molecule has 0 bridgehead atoms. The van der Waals surface area contributed by atoms with Crippen LogP contribution in [-0.4, -0.2) is 22.3 Å². The SMILES string of the molecule is Fc1ccc(C(OC2CCCCO2)c2nsc(Cl)n2)c(F)c1. The van der Waals surface area contributed by atoms with E-state index in [-0.39, 0.29) is 15.9 Å². The van der Waals surface area contributed by atoms with E-state index in [1.54, 1.807) is 0 Å². The fraction of sp³-hybridized carbons (Fsp3) is 0.429. The Morgan fingerprint density at radius 1 is 1.36 bits per heavy atom. The van der Waals surface area contributed by atoms with E-state index in [4.69, 9.17) is 21.1 Å². The van der Waals surface area contributed by atoms with Gasteiger partial charge in [0.2, 0.25) is 4.47 Å². The Bertz CT molecular complexity index is 650. The highest BCUT2D eigenvalue weighted by atomic mass is 35.5. The minimum Gasteiger partial charge on any atom is -0.353 e. The molecule has 1 fully saturated rings. The van der Waals surface area contributed by atoms with Gasteiger partial charge in [-0.05, 0) is 48.5 Å². The molecular formula is C14H13ClF2N2O2S. The number of ether oxygens (including phenoxy) is 2. The van der Waals surface area contributed by atoms with Crippen LogP contribution >= 0.6 is 23.1 Å². The van der Waals surface area contributed by atoms with E-state index in [0.717, 1.165) is 30.4 Å². The van der Waals surface area contributed by atoms with Crippen LogP contribution in [0.1, 0.15) is 36.8 Å². The van der Waals surface area contributed by atoms with E-state index in [1.165, 1.54) is 12.1 Å². The van der Waals surface area contributed by atoms with Crippen molar-refractivity contribution in [2.24, 2.45) is 0 Å². The number of halogens is 3. The number of hydrogen-bond donors (Lipinski definition) is 0. The van der Waals surface area contributed by atoms with Crippen LogP contribution in [0.5, 0.6) is 0 Å². The van der Waals surface area contributed by atoms with Crippen molar-refractivity contribution < 1.29 is 18.3 Å². The van der Waals surface area contributed by atoms with Gasteiger partial charge in [0.25, 0.3) is 0 Å². The summed E-state index contributed by atoms with van der Waals surface area (Å²) in [6, 6.07) is 3.30. The quantitative estimate of drug-likeness (QED) is 0.836. The van der Waals surface area contributed by atoms with E-state index < -0.39 is 24.0 Å². The zero-order chi connectivity index (χ0) is 15.5. The summed E-state index contributed by atoms with van der Waals surface area (Å²) in [7, 11) is 0. The van der Waals surface area contributed by atoms with Gasteiger partial charge in [0.1, 0.15) is 17.7 Å². The summed E-state index contributed by atoms with van der Waals surface area (Å²) < 4.78 is 42.9. The van der Waals surface area contributed by atoms with Gasteiger partial charge in [0, 0.05) is 18.2 Å². The van der Waals surface area contributed by atoms with Crippen molar-refractivity contribution in [3.05, 3.63) is 45.7 Å². The summed E-state index contributed by atoms with van der Waals surface area (Å²) in [5.41, 5.74) is 0.157. The van der Waals surface area contributed by atoms with Crippen LogP contribution in [0.2, 0.25) is 4.47 Å². The Hall–Kier alpha value is -1.15. The van der Waals surface area contributed by atoms with Crippen molar-refractivity contribution in [2.45, 2.75) is 31.7 Å². The Balaban J connectivity index is 1.91. The molecule has 2 heterocycles. The first-order valence-electron chi connectivity index (χ1n) is 6.84. The lowest BCUT2D eigenvalue weighted by atomic mass is 10.1. The van der Waals surface area contributed by atoms with Crippen LogP contribution < -0.4 is 0 Å². The topological polar surface area (TPSA) is 44.2 Å². The van der Waals surface area contributed by atoms with Gasteiger partial charge in [0.05, 0.1) is 0 Å². The number of benzene rings is 1. The summed E-state index contributed by atoms with van der Waals surface area (Å²) in [5.74, 6) is -1.13. The molecular weight excluding hydrogens is 334 g/mol. The molecule has 3 rings (SSSR count). The molecule has 1 aromatic heterocycles. The van der Waals surface area contributed by atoms with Crippen LogP contribution in [-0.2, 0) is 9.47 Å². The molecule has 0 N–H and O–H groups in total. The summed E-state index contributed by atoms with van der Waals surface area (Å²) >= 11 is 6.79. The first-order valence-corrected chi connectivity index (χ1v) is 8.00. The maximum atomic E-state index is 14.1. The molecule has 2 aromatic rings. The van der Waals surface area contributed by atoms with Gasteiger partial charge in [0.15, 0.2) is 12.1 Å². The lowest BCUT2D eigenvalue weighted by Crippen LogP contribution is -2.25. The molecule has 8 heteroatoms. The number of aromatic nitrogens is 2. The van der Waals surface area contributed by atoms with Gasteiger partial charge < -0.3 is 9.47 Å². The molecule has 1 aromatic carbocycles. The fourth-order valence-electron chi connectivity index (χ4n) is 2.28. The Morgan fingerprint density at radius 3 is 2.86 bits per heavy atom. The zero-order valence-corrected chi connectivity index (χ0v) is 13.0. The number of rotatable bonds is 4. The molecule has 22 heavy (non-hydrogen) atoms. The molecule has 1 aliphatic heterocycles. The van der Waals surface area contributed by atoms with E-state index in [1.807, 2.05) is 0 Å². The van der Waals surface area contributed by atoms with E-state index in [9.17, 15) is 8.78 Å². The van der Waals surface area contributed by atoms with Crippen LogP contribution in [0.25, 0.3) is 0 Å². The predicted molar refractivity (Wildman–Crippen MR) is 77.8 cm³/mol. The molecule has 2 unspecified atom stereocenters. The zero-order valence-electron chi connectivity index (χ0n) is 11.5. The highest BCUT2D eigenvalue weighted by Gasteiger charge is 2.28. The standard InChI is InChI=1S/C14H13ClF2N2O2S/c15-14-18-13(19-22-14)12(21-11-3-1-2-6-20-11)9-5-4-8(16)7-10(9)17/h4-5,7,11-12H,1-3,6H2. The predicted octanol–water partition coefficient (Wildman–Crippen LogP) is 4.10. The molecule has 1 aliphatic rings. The molecule has 0 saturated carbocycles. The average Bonchev–Trinajstić information content (AvgIpc) is 2.93. The average molecular weight is 347 g/mol. The molecule has 2 atom stereocenters. The third-order valence-corrected chi connectivity index (χ3v) is 4.13. The van der Waals surface area contributed by atoms with Crippen LogP contribution in [0.4, 0.5) is 8.78 Å². The van der Waals surface area contributed by atoms with Gasteiger partial charge in [-0.1, -0.05) is 6.07 Å². The summed E-state index contributed by atoms with van der Waals surface area (Å²) in [4.78, 5) is 4.05. The maximum Gasteiger partial charge on any atom is 0.203 e. The van der Waals surface area contributed by atoms with E-state index >= 15 is 0 Å². The normalized spacial score (nSPS) is 20.0. The van der Waals surface area contributed by atoms with Crippen LogP contribution in [0.15, 0.2) is 18.2 Å². The molecule has 0 aliphatic carbocycles. The minimum absolute atomic E-state index is 0.157. The molecule has 0 spiro atoms. The van der Waals surface area contributed by atoms with Crippen molar-refractivity contribution in [3.8, 4) is 0 Å². The van der Waals surface area contributed by atoms with Gasteiger partial charge in [-0.3, -0.25) is 0 Å². The molecule has 4 nitrogen and oxygen atoms in total. The van der Waals surface area contributed by atoms with Crippen LogP contribution in [0, 0.1) is 11.6 Å². The smallest absolute Gasteiger partial charge is 0.203 e. The summed E-state index contributed by atoms with van der Waals surface area (Å²) in [5, 5.41) is 0. The summed E-state index contributed by atoms with van der Waals surface area (Å²) in [6.07, 6.45) is 1.29. The monoisotopic (exact) mass is 346 g/mol. The Morgan fingerprint density at radius 2 is 2.23 bits per heavy atom. The summed E-state index contributed by atoms with van der Waals surface area (Å²) in [6.45, 7) is 0.592. The first kappa shape index (κ1) is 15.7. The Labute approximate surface area is 135 Å². The maximum absolute atomic E-state index is 14.1. The lowest BCUT2D eigenvalue weighted by Gasteiger charge is -2.27. The van der Waals surface area contributed by atoms with E-state index in [2.05, 4.69) is 9.36 Å².